The van der Waals surface area contributed by atoms with Gasteiger partial charge in [0.1, 0.15) is 0 Å². The number of nitro groups is 1. The monoisotopic (exact) mass is 315 g/mol. The first-order valence-corrected chi connectivity index (χ1v) is 6.57. The summed E-state index contributed by atoms with van der Waals surface area (Å²) in [6.07, 6.45) is 0. The quantitative estimate of drug-likeness (QED) is 0.346. The lowest BCUT2D eigenvalue weighted by Gasteiger charge is -2.15. The van der Waals surface area contributed by atoms with Gasteiger partial charge in [-0.25, -0.2) is 0 Å². The minimum Gasteiger partial charge on any atom is -0.465 e. The number of non-ortho nitro benzene ring substituents is 1. The summed E-state index contributed by atoms with van der Waals surface area (Å²) in [5.41, 5.74) is -0.130. The maximum atomic E-state index is 11.9. The van der Waals surface area contributed by atoms with Crippen molar-refractivity contribution in [1.82, 2.24) is 0 Å². The Kier molecular flexibility index (Phi) is 6.10. The maximum absolute atomic E-state index is 11.9. The third-order valence-corrected chi connectivity index (χ3v) is 2.88. The van der Waals surface area contributed by atoms with Gasteiger partial charge in [-0.3, -0.25) is 19.7 Å². The van der Waals surface area contributed by atoms with Crippen molar-refractivity contribution in [2.24, 2.45) is 0 Å². The summed E-state index contributed by atoms with van der Waals surface area (Å²) >= 11 is 5.94. The van der Waals surface area contributed by atoms with Gasteiger partial charge in [-0.05, 0) is 25.5 Å². The lowest BCUT2D eigenvalue weighted by molar-refractivity contribution is -0.384. The van der Waals surface area contributed by atoms with E-state index in [1.807, 2.05) is 0 Å². The molecule has 1 aromatic carbocycles. The van der Waals surface area contributed by atoms with E-state index in [0.717, 1.165) is 12.1 Å². The van der Waals surface area contributed by atoms with Crippen LogP contribution in [0.4, 0.5) is 5.69 Å². The fourth-order valence-corrected chi connectivity index (χ4v) is 1.95. The van der Waals surface area contributed by atoms with Crippen LogP contribution >= 0.6 is 11.6 Å². The fourth-order valence-electron chi connectivity index (χ4n) is 1.67. The van der Waals surface area contributed by atoms with Gasteiger partial charge in [0.05, 0.1) is 23.2 Å². The van der Waals surface area contributed by atoms with Crippen molar-refractivity contribution in [3.8, 4) is 0 Å². The number of hydrogen-bond acceptors (Lipinski definition) is 6. The van der Waals surface area contributed by atoms with E-state index in [1.165, 1.54) is 6.07 Å². The van der Waals surface area contributed by atoms with Gasteiger partial charge in [-0.1, -0.05) is 11.6 Å². The Labute approximate surface area is 125 Å². The Hall–Kier alpha value is -2.15. The van der Waals surface area contributed by atoms with Crippen LogP contribution in [0.3, 0.4) is 0 Å². The maximum Gasteiger partial charge on any atom is 0.324 e. The summed E-state index contributed by atoms with van der Waals surface area (Å²) in [6.45, 7) is 3.35. The number of halogens is 1. The van der Waals surface area contributed by atoms with Crippen LogP contribution in [0.1, 0.15) is 25.3 Å². The zero-order chi connectivity index (χ0) is 16.0. The smallest absolute Gasteiger partial charge is 0.324 e. The standard InChI is InChI=1S/C13H14ClNO6/c1-3-20-12(16)11(13(17)21-4-2)9-6-5-8(15(18)19)7-10(9)14/h5-7,11H,3-4H2,1-2H3. The number of esters is 2. The topological polar surface area (TPSA) is 95.7 Å². The van der Waals surface area contributed by atoms with E-state index in [2.05, 4.69) is 0 Å². The molecule has 0 spiro atoms. The van der Waals surface area contributed by atoms with Crippen LogP contribution in [0.5, 0.6) is 0 Å². The molecule has 1 rings (SSSR count). The first kappa shape index (κ1) is 16.9. The number of carbonyl (C=O) groups is 2. The number of rotatable bonds is 6. The first-order chi connectivity index (χ1) is 9.92. The summed E-state index contributed by atoms with van der Waals surface area (Å²) in [5.74, 6) is -2.99. The summed E-state index contributed by atoms with van der Waals surface area (Å²) in [4.78, 5) is 33.9. The Morgan fingerprint density at radius 2 is 1.76 bits per heavy atom. The Morgan fingerprint density at radius 3 is 2.14 bits per heavy atom. The normalized spacial score (nSPS) is 10.3. The van der Waals surface area contributed by atoms with E-state index in [0.29, 0.717) is 0 Å². The molecule has 0 atom stereocenters. The number of benzene rings is 1. The lowest BCUT2D eigenvalue weighted by Crippen LogP contribution is -2.26. The molecule has 1 aromatic rings. The van der Waals surface area contributed by atoms with Gasteiger partial charge in [0, 0.05) is 12.1 Å². The SMILES string of the molecule is CCOC(=O)C(C(=O)OCC)c1ccc([N+](=O)[O-])cc1Cl. The Bertz CT molecular complexity index is 542. The molecule has 0 saturated heterocycles. The van der Waals surface area contributed by atoms with Crippen molar-refractivity contribution < 1.29 is 24.0 Å². The van der Waals surface area contributed by atoms with Crippen molar-refractivity contribution in [3.05, 3.63) is 38.9 Å². The molecule has 0 aromatic heterocycles. The Morgan fingerprint density at radius 1 is 1.24 bits per heavy atom. The predicted octanol–water partition coefficient (Wildman–Crippen LogP) is 2.46. The second kappa shape index (κ2) is 7.58. The molecule has 0 aliphatic carbocycles. The highest BCUT2D eigenvalue weighted by Crippen LogP contribution is 2.30. The van der Waals surface area contributed by atoms with Crippen LogP contribution < -0.4 is 0 Å². The molecular formula is C13H14ClNO6. The second-order valence-electron chi connectivity index (χ2n) is 3.90. The van der Waals surface area contributed by atoms with Crippen molar-refractivity contribution in [2.75, 3.05) is 13.2 Å². The second-order valence-corrected chi connectivity index (χ2v) is 4.31. The highest BCUT2D eigenvalue weighted by atomic mass is 35.5. The van der Waals surface area contributed by atoms with Crippen LogP contribution in [0.15, 0.2) is 18.2 Å². The third kappa shape index (κ3) is 4.16. The molecule has 7 nitrogen and oxygen atoms in total. The number of nitro benzene ring substituents is 1. The van der Waals surface area contributed by atoms with Gasteiger partial charge in [0.2, 0.25) is 0 Å². The van der Waals surface area contributed by atoms with Crippen molar-refractivity contribution in [1.29, 1.82) is 0 Å². The van der Waals surface area contributed by atoms with Crippen LogP contribution in [-0.4, -0.2) is 30.1 Å². The molecule has 0 radical (unpaired) electrons. The molecule has 0 N–H and O–H groups in total. The molecule has 8 heteroatoms. The zero-order valence-corrected chi connectivity index (χ0v) is 12.3. The lowest BCUT2D eigenvalue weighted by atomic mass is 9.99. The number of hydrogen-bond donors (Lipinski definition) is 0. The average molecular weight is 316 g/mol. The molecule has 21 heavy (non-hydrogen) atoms. The van der Waals surface area contributed by atoms with E-state index in [4.69, 9.17) is 21.1 Å². The number of nitrogens with zero attached hydrogens (tertiary/aromatic N) is 1. The average Bonchev–Trinajstić information content (AvgIpc) is 2.41. The highest BCUT2D eigenvalue weighted by molar-refractivity contribution is 6.32. The van der Waals surface area contributed by atoms with Crippen LogP contribution in [-0.2, 0) is 19.1 Å². The minimum absolute atomic E-state index is 0.0738. The number of carbonyl (C=O) groups excluding carboxylic acids is 2. The van der Waals surface area contributed by atoms with E-state index in [-0.39, 0.29) is 29.5 Å². The highest BCUT2D eigenvalue weighted by Gasteiger charge is 2.33. The summed E-state index contributed by atoms with van der Waals surface area (Å²) in [7, 11) is 0. The molecule has 0 saturated carbocycles. The van der Waals surface area contributed by atoms with E-state index >= 15 is 0 Å². The van der Waals surface area contributed by atoms with Gasteiger partial charge >= 0.3 is 11.9 Å². The molecule has 0 aliphatic rings. The summed E-state index contributed by atoms with van der Waals surface area (Å²) in [5, 5.41) is 10.6. The van der Waals surface area contributed by atoms with Crippen LogP contribution in [0, 0.1) is 10.1 Å². The van der Waals surface area contributed by atoms with Gasteiger partial charge in [-0.2, -0.15) is 0 Å². The van der Waals surface area contributed by atoms with Gasteiger partial charge in [0.15, 0.2) is 5.92 Å². The van der Waals surface area contributed by atoms with Gasteiger partial charge < -0.3 is 9.47 Å². The largest absolute Gasteiger partial charge is 0.465 e. The molecule has 0 amide bonds. The van der Waals surface area contributed by atoms with Crippen LogP contribution in [0.25, 0.3) is 0 Å². The summed E-state index contributed by atoms with van der Waals surface area (Å²) < 4.78 is 9.65. The third-order valence-electron chi connectivity index (χ3n) is 2.55. The van der Waals surface area contributed by atoms with E-state index in [9.17, 15) is 19.7 Å². The first-order valence-electron chi connectivity index (χ1n) is 6.19. The van der Waals surface area contributed by atoms with Gasteiger partial charge in [-0.15, -0.1) is 0 Å². The molecule has 0 unspecified atom stereocenters. The fraction of sp³-hybridized carbons (Fsp3) is 0.385. The van der Waals surface area contributed by atoms with Crippen molar-refractivity contribution in [2.45, 2.75) is 19.8 Å². The van der Waals surface area contributed by atoms with E-state index < -0.39 is 22.8 Å². The van der Waals surface area contributed by atoms with Crippen LogP contribution in [0.2, 0.25) is 5.02 Å². The Balaban J connectivity index is 3.22. The molecule has 0 bridgehead atoms. The van der Waals surface area contributed by atoms with Crippen molar-refractivity contribution in [3.63, 3.8) is 0 Å². The zero-order valence-electron chi connectivity index (χ0n) is 11.5. The molecule has 114 valence electrons. The molecular weight excluding hydrogens is 302 g/mol. The molecule has 0 fully saturated rings. The predicted molar refractivity (Wildman–Crippen MR) is 74.1 cm³/mol. The summed E-state index contributed by atoms with van der Waals surface area (Å²) in [6, 6.07) is 3.48. The molecule has 0 heterocycles. The van der Waals surface area contributed by atoms with Crippen molar-refractivity contribution >= 4 is 29.2 Å². The number of ether oxygens (including phenoxy) is 2. The van der Waals surface area contributed by atoms with Gasteiger partial charge in [0.25, 0.3) is 5.69 Å². The van der Waals surface area contributed by atoms with E-state index in [1.54, 1.807) is 13.8 Å². The molecule has 0 aliphatic heterocycles. The minimum atomic E-state index is -1.36.